The van der Waals surface area contributed by atoms with Gasteiger partial charge in [-0.2, -0.15) is 0 Å². The molecule has 0 spiro atoms. The summed E-state index contributed by atoms with van der Waals surface area (Å²) in [5.41, 5.74) is 4.06. The third kappa shape index (κ3) is 7.91. The fourth-order valence-electron chi connectivity index (χ4n) is 5.22. The quantitative estimate of drug-likeness (QED) is 0.152. The number of rotatable bonds is 14. The number of pyridine rings is 3. The highest BCUT2D eigenvalue weighted by Gasteiger charge is 2.21. The van der Waals surface area contributed by atoms with Crippen molar-refractivity contribution in [2.45, 2.75) is 32.0 Å². The van der Waals surface area contributed by atoms with Gasteiger partial charge < -0.3 is 25.4 Å². The Morgan fingerprint density at radius 1 is 1.04 bits per heavy atom. The first kappa shape index (κ1) is 33.5. The first-order valence-electron chi connectivity index (χ1n) is 14.8. The van der Waals surface area contributed by atoms with E-state index in [0.717, 1.165) is 12.0 Å². The fourth-order valence-corrected chi connectivity index (χ4v) is 5.79. The SMILES string of the molecule is COCCN(C)Cc1ccnc(Nc2cccc(-c3nccc(-c4ccc(CNC[C@@H]5CCC(=O)N5)c(OC)n4)c3Cl)c2Cl)c1F. The number of methoxy groups -OCH3 is 2. The number of hydrogen-bond donors (Lipinski definition) is 3. The molecule has 1 fully saturated rings. The van der Waals surface area contributed by atoms with E-state index in [-0.39, 0.29) is 17.8 Å². The number of ether oxygens (including phenoxy) is 2. The minimum atomic E-state index is -0.463. The van der Waals surface area contributed by atoms with Gasteiger partial charge in [0.2, 0.25) is 11.8 Å². The Morgan fingerprint density at radius 3 is 2.63 bits per heavy atom. The predicted octanol–water partition coefficient (Wildman–Crippen LogP) is 5.85. The van der Waals surface area contributed by atoms with E-state index >= 15 is 4.39 Å². The first-order valence-corrected chi connectivity index (χ1v) is 15.6. The lowest BCUT2D eigenvalue weighted by molar-refractivity contribution is -0.119. The number of anilines is 2. The summed E-state index contributed by atoms with van der Waals surface area (Å²) >= 11 is 13.8. The zero-order valence-electron chi connectivity index (χ0n) is 25.9. The van der Waals surface area contributed by atoms with Gasteiger partial charge in [0, 0.05) is 80.4 Å². The van der Waals surface area contributed by atoms with Gasteiger partial charge in [-0.1, -0.05) is 41.4 Å². The lowest BCUT2D eigenvalue weighted by Gasteiger charge is -2.18. The third-order valence-corrected chi connectivity index (χ3v) is 8.47. The summed E-state index contributed by atoms with van der Waals surface area (Å²) < 4.78 is 26.2. The van der Waals surface area contributed by atoms with Crippen molar-refractivity contribution in [3.8, 4) is 28.4 Å². The monoisotopic (exact) mass is 667 g/mol. The van der Waals surface area contributed by atoms with Gasteiger partial charge in [-0.3, -0.25) is 14.7 Å². The zero-order valence-corrected chi connectivity index (χ0v) is 27.4. The van der Waals surface area contributed by atoms with Crippen LogP contribution in [0.25, 0.3) is 22.5 Å². The standard InChI is InChI=1S/C33H36Cl2FN7O3/c1-43(15-16-45-2)19-21-11-13-39-32(30(21)36)41-26-6-4-5-24(28(26)34)31-29(35)23(12-14-38-31)25-9-7-20(33(42-25)46-3)17-37-18-22-8-10-27(44)40-22/h4-7,9,11-14,22,37H,8,10,15-19H2,1-3H3,(H,39,41)(H,40,44)/t22-/m0/s1. The number of nitrogens with zero attached hydrogens (tertiary/aromatic N) is 4. The number of likely N-dealkylation sites (N-methyl/N-ethyl adjacent to an activating group) is 1. The molecule has 3 aromatic heterocycles. The van der Waals surface area contributed by atoms with Gasteiger partial charge >= 0.3 is 0 Å². The van der Waals surface area contributed by atoms with Crippen LogP contribution in [0.1, 0.15) is 24.0 Å². The van der Waals surface area contributed by atoms with Crippen molar-refractivity contribution in [3.63, 3.8) is 0 Å². The van der Waals surface area contributed by atoms with E-state index in [4.69, 9.17) is 37.7 Å². The van der Waals surface area contributed by atoms with E-state index in [1.165, 1.54) is 0 Å². The molecule has 10 nitrogen and oxygen atoms in total. The lowest BCUT2D eigenvalue weighted by atomic mass is 10.1. The molecule has 46 heavy (non-hydrogen) atoms. The summed E-state index contributed by atoms with van der Waals surface area (Å²) in [7, 11) is 5.10. The maximum atomic E-state index is 15.4. The van der Waals surface area contributed by atoms with Crippen LogP contribution in [0.2, 0.25) is 10.0 Å². The molecule has 242 valence electrons. The van der Waals surface area contributed by atoms with Crippen molar-refractivity contribution in [1.82, 2.24) is 30.5 Å². The molecule has 0 aliphatic carbocycles. The average Bonchev–Trinajstić information content (AvgIpc) is 3.48. The summed E-state index contributed by atoms with van der Waals surface area (Å²) in [4.78, 5) is 26.9. The van der Waals surface area contributed by atoms with Gasteiger partial charge in [-0.15, -0.1) is 0 Å². The second-order valence-electron chi connectivity index (χ2n) is 11.0. The lowest BCUT2D eigenvalue weighted by Crippen LogP contribution is -2.35. The van der Waals surface area contributed by atoms with Crippen molar-refractivity contribution in [1.29, 1.82) is 0 Å². The summed E-state index contributed by atoms with van der Waals surface area (Å²) in [5, 5.41) is 10.0. The number of amides is 1. The van der Waals surface area contributed by atoms with Gasteiger partial charge in [0.15, 0.2) is 11.6 Å². The van der Waals surface area contributed by atoms with Gasteiger partial charge in [-0.25, -0.2) is 14.4 Å². The van der Waals surface area contributed by atoms with E-state index in [0.29, 0.717) is 88.9 Å². The molecular weight excluding hydrogens is 632 g/mol. The Balaban J connectivity index is 1.36. The Labute approximate surface area is 277 Å². The number of nitrogens with one attached hydrogen (secondary N) is 3. The maximum absolute atomic E-state index is 15.4. The molecule has 5 rings (SSSR count). The van der Waals surface area contributed by atoms with E-state index in [1.54, 1.807) is 56.9 Å². The Morgan fingerprint density at radius 2 is 1.87 bits per heavy atom. The van der Waals surface area contributed by atoms with Crippen LogP contribution < -0.4 is 20.7 Å². The van der Waals surface area contributed by atoms with Crippen molar-refractivity contribution in [3.05, 3.63) is 81.8 Å². The molecule has 1 aliphatic rings. The van der Waals surface area contributed by atoms with Gasteiger partial charge in [-0.05, 0) is 37.7 Å². The Bertz CT molecular complexity index is 1690. The number of aromatic nitrogens is 3. The van der Waals surface area contributed by atoms with E-state index in [1.807, 2.05) is 24.1 Å². The minimum absolute atomic E-state index is 0.0587. The largest absolute Gasteiger partial charge is 0.481 e. The highest BCUT2D eigenvalue weighted by atomic mass is 35.5. The number of hydrogen-bond acceptors (Lipinski definition) is 9. The van der Waals surface area contributed by atoms with Gasteiger partial charge in [0.1, 0.15) is 0 Å². The van der Waals surface area contributed by atoms with Crippen LogP contribution in [0, 0.1) is 5.82 Å². The van der Waals surface area contributed by atoms with Crippen LogP contribution in [-0.2, 0) is 22.6 Å². The molecule has 0 unspecified atom stereocenters. The van der Waals surface area contributed by atoms with Crippen molar-refractivity contribution in [2.24, 2.45) is 0 Å². The highest BCUT2D eigenvalue weighted by Crippen LogP contribution is 2.41. The number of carbonyl (C=O) groups is 1. The second kappa shape index (κ2) is 15.6. The number of benzene rings is 1. The topological polar surface area (TPSA) is 114 Å². The van der Waals surface area contributed by atoms with Crippen LogP contribution in [-0.4, -0.2) is 72.8 Å². The molecule has 1 amide bonds. The van der Waals surface area contributed by atoms with Crippen LogP contribution >= 0.6 is 23.2 Å². The predicted molar refractivity (Wildman–Crippen MR) is 178 cm³/mol. The first-order chi connectivity index (χ1) is 22.3. The van der Waals surface area contributed by atoms with E-state index < -0.39 is 5.82 Å². The summed E-state index contributed by atoms with van der Waals surface area (Å²) in [6, 6.07) is 12.7. The fraction of sp³-hybridized carbons (Fsp3) is 0.333. The molecule has 13 heteroatoms. The Kier molecular flexibility index (Phi) is 11.4. The molecule has 0 radical (unpaired) electrons. The molecule has 1 aliphatic heterocycles. The average molecular weight is 669 g/mol. The third-order valence-electron chi connectivity index (χ3n) is 7.68. The number of carbonyl (C=O) groups excluding carboxylic acids is 1. The van der Waals surface area contributed by atoms with Gasteiger partial charge in [0.25, 0.3) is 0 Å². The summed E-state index contributed by atoms with van der Waals surface area (Å²) in [6.07, 6.45) is 4.57. The van der Waals surface area contributed by atoms with Crippen LogP contribution in [0.4, 0.5) is 15.9 Å². The summed E-state index contributed by atoms with van der Waals surface area (Å²) in [5.74, 6) is 0.140. The normalized spacial score (nSPS) is 14.5. The molecule has 3 N–H and O–H groups in total. The minimum Gasteiger partial charge on any atom is -0.481 e. The Hall–Kier alpha value is -3.87. The highest BCUT2D eigenvalue weighted by molar-refractivity contribution is 6.39. The van der Waals surface area contributed by atoms with Crippen LogP contribution in [0.3, 0.4) is 0 Å². The summed E-state index contributed by atoms with van der Waals surface area (Å²) in [6.45, 7) is 2.78. The van der Waals surface area contributed by atoms with Gasteiger partial charge in [0.05, 0.1) is 40.8 Å². The molecule has 1 atom stereocenters. The van der Waals surface area contributed by atoms with E-state index in [9.17, 15) is 4.79 Å². The van der Waals surface area contributed by atoms with E-state index in [2.05, 4.69) is 25.9 Å². The molecule has 4 aromatic rings. The van der Waals surface area contributed by atoms with Crippen molar-refractivity contribution < 1.29 is 18.7 Å². The van der Waals surface area contributed by atoms with Crippen LogP contribution in [0.5, 0.6) is 5.88 Å². The second-order valence-corrected chi connectivity index (χ2v) is 11.7. The smallest absolute Gasteiger partial charge is 0.220 e. The molecule has 0 saturated carbocycles. The molecule has 0 bridgehead atoms. The maximum Gasteiger partial charge on any atom is 0.220 e. The molecule has 1 saturated heterocycles. The molecule has 4 heterocycles. The van der Waals surface area contributed by atoms with Crippen molar-refractivity contribution >= 4 is 40.6 Å². The van der Waals surface area contributed by atoms with Crippen LogP contribution in [0.15, 0.2) is 54.9 Å². The zero-order chi connectivity index (χ0) is 32.6. The van der Waals surface area contributed by atoms with Crippen molar-refractivity contribution in [2.75, 3.05) is 46.3 Å². The number of halogens is 3. The molecular formula is C33H36Cl2FN7O3. The molecule has 1 aromatic carbocycles.